The molecule has 0 aliphatic heterocycles. The van der Waals surface area contributed by atoms with E-state index >= 15 is 0 Å². The number of thiophene rings is 1. The third-order valence-corrected chi connectivity index (χ3v) is 3.86. The van der Waals surface area contributed by atoms with Gasteiger partial charge in [0, 0.05) is 5.02 Å². The average molecular weight is 324 g/mol. The van der Waals surface area contributed by atoms with Gasteiger partial charge in [0.2, 0.25) is 0 Å². The van der Waals surface area contributed by atoms with Crippen LogP contribution in [-0.2, 0) is 9.63 Å². The van der Waals surface area contributed by atoms with Crippen molar-refractivity contribution in [2.24, 2.45) is 5.16 Å². The molecule has 0 spiro atoms. The maximum absolute atomic E-state index is 11.6. The van der Waals surface area contributed by atoms with Crippen molar-refractivity contribution in [3.05, 3.63) is 51.2 Å². The van der Waals surface area contributed by atoms with Crippen LogP contribution in [0.1, 0.15) is 17.4 Å². The number of rotatable bonds is 5. The highest BCUT2D eigenvalue weighted by molar-refractivity contribution is 7.12. The van der Waals surface area contributed by atoms with Crippen molar-refractivity contribution in [2.75, 3.05) is 6.61 Å². The number of hydrogen-bond acceptors (Lipinski definition) is 5. The van der Waals surface area contributed by atoms with Crippen LogP contribution in [0.4, 0.5) is 0 Å². The van der Waals surface area contributed by atoms with E-state index in [4.69, 9.17) is 21.2 Å². The Kier molecular flexibility index (Phi) is 5.36. The number of aryl methyl sites for hydroxylation is 1. The van der Waals surface area contributed by atoms with Crippen molar-refractivity contribution in [1.82, 2.24) is 0 Å². The second-order valence-electron chi connectivity index (χ2n) is 4.32. The van der Waals surface area contributed by atoms with Gasteiger partial charge < -0.3 is 9.57 Å². The molecule has 4 nitrogen and oxygen atoms in total. The molecule has 0 atom stereocenters. The number of ether oxygens (including phenoxy) is 1. The number of carbonyl (C=O) groups excluding carboxylic acids is 1. The minimum atomic E-state index is -0.555. The molecule has 0 unspecified atom stereocenters. The van der Waals surface area contributed by atoms with Crippen LogP contribution >= 0.6 is 22.9 Å². The van der Waals surface area contributed by atoms with Crippen molar-refractivity contribution in [1.29, 1.82) is 0 Å². The van der Waals surface area contributed by atoms with Crippen molar-refractivity contribution in [3.63, 3.8) is 0 Å². The molecular formula is C15H14ClNO3S. The van der Waals surface area contributed by atoms with E-state index in [1.165, 1.54) is 11.3 Å². The smallest absolute Gasteiger partial charge is 0.372 e. The van der Waals surface area contributed by atoms with Crippen molar-refractivity contribution in [2.45, 2.75) is 13.8 Å². The number of hydrogen-bond donors (Lipinski definition) is 0. The van der Waals surface area contributed by atoms with Gasteiger partial charge in [0.15, 0.2) is 6.61 Å². The van der Waals surface area contributed by atoms with E-state index in [0.29, 0.717) is 16.5 Å². The Hall–Kier alpha value is -1.85. The molecule has 0 saturated heterocycles. The summed E-state index contributed by atoms with van der Waals surface area (Å²) in [6.07, 6.45) is 0. The van der Waals surface area contributed by atoms with Crippen LogP contribution < -0.4 is 4.74 Å². The largest absolute Gasteiger partial charge is 0.482 e. The van der Waals surface area contributed by atoms with Gasteiger partial charge in [-0.3, -0.25) is 0 Å². The van der Waals surface area contributed by atoms with Gasteiger partial charge in [0.1, 0.15) is 5.75 Å². The maximum Gasteiger partial charge on any atom is 0.372 e. The van der Waals surface area contributed by atoms with E-state index in [2.05, 4.69) is 5.16 Å². The van der Waals surface area contributed by atoms with E-state index in [-0.39, 0.29) is 6.61 Å². The van der Waals surface area contributed by atoms with Crippen LogP contribution in [0.25, 0.3) is 0 Å². The lowest BCUT2D eigenvalue weighted by molar-refractivity contribution is -0.146. The molecule has 0 fully saturated rings. The molecule has 2 aromatic rings. The second-order valence-corrected chi connectivity index (χ2v) is 5.70. The average Bonchev–Trinajstić information content (AvgIpc) is 2.98. The fourth-order valence-corrected chi connectivity index (χ4v) is 2.48. The van der Waals surface area contributed by atoms with Gasteiger partial charge in [-0.1, -0.05) is 22.8 Å². The van der Waals surface area contributed by atoms with E-state index in [0.717, 1.165) is 10.4 Å². The van der Waals surface area contributed by atoms with Gasteiger partial charge in [-0.15, -0.1) is 11.3 Å². The zero-order valence-electron chi connectivity index (χ0n) is 11.6. The van der Waals surface area contributed by atoms with Gasteiger partial charge in [-0.05, 0) is 49.1 Å². The Labute approximate surface area is 131 Å². The topological polar surface area (TPSA) is 47.9 Å². The van der Waals surface area contributed by atoms with E-state index < -0.39 is 5.97 Å². The first-order chi connectivity index (χ1) is 10.1. The summed E-state index contributed by atoms with van der Waals surface area (Å²) in [6, 6.07) is 9.00. The summed E-state index contributed by atoms with van der Waals surface area (Å²) < 4.78 is 5.38. The molecule has 0 aliphatic rings. The Morgan fingerprint density at radius 1 is 1.38 bits per heavy atom. The summed E-state index contributed by atoms with van der Waals surface area (Å²) in [4.78, 5) is 17.4. The zero-order valence-corrected chi connectivity index (χ0v) is 13.2. The van der Waals surface area contributed by atoms with E-state index in [9.17, 15) is 4.79 Å². The van der Waals surface area contributed by atoms with Gasteiger partial charge in [-0.25, -0.2) is 4.79 Å². The molecule has 6 heteroatoms. The SMILES string of the molecule is C/C(=N\OC(=O)COc1ccc(Cl)cc1C)c1cccs1. The number of oxime groups is 1. The predicted octanol–water partition coefficient (Wildman–Crippen LogP) is 4.06. The molecule has 21 heavy (non-hydrogen) atoms. The van der Waals surface area contributed by atoms with Crippen molar-refractivity contribution in [3.8, 4) is 5.75 Å². The van der Waals surface area contributed by atoms with Gasteiger partial charge >= 0.3 is 5.97 Å². The molecule has 2 rings (SSSR count). The number of nitrogens with zero attached hydrogens (tertiary/aromatic N) is 1. The van der Waals surface area contributed by atoms with Crippen molar-refractivity contribution < 1.29 is 14.4 Å². The molecule has 0 radical (unpaired) electrons. The first kappa shape index (κ1) is 15.5. The molecule has 0 bridgehead atoms. The number of benzene rings is 1. The van der Waals surface area contributed by atoms with Gasteiger partial charge in [-0.2, -0.15) is 0 Å². The highest BCUT2D eigenvalue weighted by atomic mass is 35.5. The molecule has 1 aromatic heterocycles. The highest BCUT2D eigenvalue weighted by Gasteiger charge is 2.07. The molecule has 0 saturated carbocycles. The van der Waals surface area contributed by atoms with E-state index in [1.54, 1.807) is 25.1 Å². The van der Waals surface area contributed by atoms with Crippen LogP contribution in [0, 0.1) is 6.92 Å². The third-order valence-electron chi connectivity index (χ3n) is 2.64. The lowest BCUT2D eigenvalue weighted by atomic mass is 10.2. The highest BCUT2D eigenvalue weighted by Crippen LogP contribution is 2.21. The molecule has 1 aromatic carbocycles. The Balaban J connectivity index is 1.86. The van der Waals surface area contributed by atoms with Crippen LogP contribution in [-0.4, -0.2) is 18.3 Å². The van der Waals surface area contributed by atoms with Crippen LogP contribution in [0.3, 0.4) is 0 Å². The molecule has 0 N–H and O–H groups in total. The Morgan fingerprint density at radius 2 is 2.19 bits per heavy atom. The summed E-state index contributed by atoms with van der Waals surface area (Å²) in [5, 5.41) is 6.35. The summed E-state index contributed by atoms with van der Waals surface area (Å²) in [5.74, 6) is 0.0376. The van der Waals surface area contributed by atoms with Crippen LogP contribution in [0.15, 0.2) is 40.9 Å². The monoisotopic (exact) mass is 323 g/mol. The fourth-order valence-electron chi connectivity index (χ4n) is 1.59. The number of carbonyl (C=O) groups is 1. The van der Waals surface area contributed by atoms with Crippen molar-refractivity contribution >= 4 is 34.6 Å². The first-order valence-corrected chi connectivity index (χ1v) is 7.49. The second kappa shape index (κ2) is 7.24. The minimum Gasteiger partial charge on any atom is -0.482 e. The normalized spacial score (nSPS) is 11.3. The summed E-state index contributed by atoms with van der Waals surface area (Å²) in [7, 11) is 0. The summed E-state index contributed by atoms with van der Waals surface area (Å²) in [5.41, 5.74) is 1.51. The Morgan fingerprint density at radius 3 is 2.86 bits per heavy atom. The zero-order chi connectivity index (χ0) is 15.2. The molecule has 1 heterocycles. The van der Waals surface area contributed by atoms with E-state index in [1.807, 2.05) is 24.4 Å². The Bertz CT molecular complexity index is 653. The molecule has 0 amide bonds. The van der Waals surface area contributed by atoms with Crippen LogP contribution in [0.2, 0.25) is 5.02 Å². The quantitative estimate of drug-likeness (QED) is 0.473. The van der Waals surface area contributed by atoms with Crippen LogP contribution in [0.5, 0.6) is 5.75 Å². The molecule has 0 aliphatic carbocycles. The minimum absolute atomic E-state index is 0.205. The lowest BCUT2D eigenvalue weighted by Crippen LogP contribution is -2.13. The predicted molar refractivity (Wildman–Crippen MR) is 84.3 cm³/mol. The first-order valence-electron chi connectivity index (χ1n) is 6.23. The maximum atomic E-state index is 11.6. The summed E-state index contributed by atoms with van der Waals surface area (Å²) in [6.45, 7) is 3.43. The molecular weight excluding hydrogens is 310 g/mol. The molecule has 110 valence electrons. The fraction of sp³-hybridized carbons (Fsp3) is 0.200. The standard InChI is InChI=1S/C15H14ClNO3S/c1-10-8-12(16)5-6-13(10)19-9-15(18)20-17-11(2)14-4-3-7-21-14/h3-8H,9H2,1-2H3/b17-11+. The lowest BCUT2D eigenvalue weighted by Gasteiger charge is -2.07. The number of halogens is 1. The third kappa shape index (κ3) is 4.58. The van der Waals surface area contributed by atoms with Gasteiger partial charge in [0.05, 0.1) is 10.6 Å². The van der Waals surface area contributed by atoms with Gasteiger partial charge in [0.25, 0.3) is 0 Å². The summed E-state index contributed by atoms with van der Waals surface area (Å²) >= 11 is 7.38.